The minimum absolute atomic E-state index is 0.110. The molecule has 2 saturated carbocycles. The van der Waals surface area contributed by atoms with Gasteiger partial charge in [0.1, 0.15) is 23.0 Å². The van der Waals surface area contributed by atoms with E-state index in [2.05, 4.69) is 210 Å². The topological polar surface area (TPSA) is 142 Å². The van der Waals surface area contributed by atoms with Gasteiger partial charge in [-0.1, -0.05) is 193 Å². The van der Waals surface area contributed by atoms with Gasteiger partial charge in [-0.25, -0.2) is 19.9 Å². The number of thioether (sulfide) groups is 4. The molecule has 514 valence electrons. The molecule has 4 heterocycles. The zero-order valence-corrected chi connectivity index (χ0v) is 62.4. The summed E-state index contributed by atoms with van der Waals surface area (Å²) >= 11 is 7.93. The lowest BCUT2D eigenvalue weighted by Crippen LogP contribution is -2.25. The molecule has 2 fully saturated rings. The minimum atomic E-state index is -0.329. The van der Waals surface area contributed by atoms with Crippen molar-refractivity contribution in [1.29, 1.82) is 0 Å². The first-order valence-corrected chi connectivity index (χ1v) is 39.8. The second-order valence-corrected chi connectivity index (χ2v) is 35.9. The van der Waals surface area contributed by atoms with Gasteiger partial charge in [-0.05, 0) is 140 Å². The largest absolute Gasteiger partial charge is 0.507 e. The van der Waals surface area contributed by atoms with Crippen LogP contribution in [0.15, 0.2) is 159 Å². The summed E-state index contributed by atoms with van der Waals surface area (Å²) in [6.07, 6.45) is 31.2. The number of fused-ring (bicyclic) bond motifs is 2. The molecule has 0 radical (unpaired) electrons. The van der Waals surface area contributed by atoms with E-state index in [1.807, 2.05) is 53.1 Å². The standard InChI is InChI=1S/C84H100N6O4S4/c1-81(2,3)63-39-59(75(91)67(43-63)79-85-35-23-36-86-79)51-95-71-29-15-11-12-16-30-72(71)96-52-60-41-65(44-68(76(60)92)80-87-37-24-38-88-80)83(7,8)33-34-84(9,10)66-42-62(78(94)70(46-66)90-49-57-27-21-22-28-58(57)50-90)54-98-74-32-18-14-13-17-31-73(74)97-53-61-40-64(82(4,5)6)45-69(77(61)93)89-47-55-25-19-20-26-56(55)48-89/h19-28,35-50,71-74,91-94H,11-18,29-34,51-54H2,1-10H3. The molecule has 14 heteroatoms. The quantitative estimate of drug-likeness (QED) is 0.0544. The average molecular weight is 1390 g/mol. The third-order valence-corrected chi connectivity index (χ3v) is 27.0. The SMILES string of the molecule is CC(C)(C)c1cc(CSC2CCCCCCC2SCc2cc(C(C)(C)CCC(C)(C)c3cc(CSC4CCCCCCC4SCc4cc(C(C)(C)C)cc(-n5cc6ccccc6c5)c4O)c(O)c(-n4cc5ccccc5c4)c3)cc(-c3ncccn3)c2O)c(O)c(-c2ncccn2)c1. The molecule has 10 aromatic rings. The lowest BCUT2D eigenvalue weighted by molar-refractivity contribution is 0.373. The molecule has 2 aliphatic carbocycles. The summed E-state index contributed by atoms with van der Waals surface area (Å²) in [5.74, 6) is 4.91. The Balaban J connectivity index is 0.802. The van der Waals surface area contributed by atoms with E-state index in [9.17, 15) is 20.4 Å². The molecule has 0 bridgehead atoms. The lowest BCUT2D eigenvalue weighted by Gasteiger charge is -2.34. The molecule has 98 heavy (non-hydrogen) atoms. The number of phenols is 4. The van der Waals surface area contributed by atoms with Gasteiger partial charge in [0, 0.05) is 116 Å². The Bertz CT molecular complexity index is 4310. The van der Waals surface area contributed by atoms with Crippen molar-refractivity contribution in [2.24, 2.45) is 0 Å². The molecule has 4 unspecified atom stereocenters. The fourth-order valence-corrected chi connectivity index (χ4v) is 20.3. The van der Waals surface area contributed by atoms with E-state index in [1.54, 1.807) is 30.9 Å². The fourth-order valence-electron chi connectivity index (χ4n) is 14.2. The molecule has 4 aromatic heterocycles. The van der Waals surface area contributed by atoms with Gasteiger partial charge in [-0.15, -0.1) is 0 Å². The highest BCUT2D eigenvalue weighted by Crippen LogP contribution is 2.48. The van der Waals surface area contributed by atoms with Crippen LogP contribution in [0.25, 0.3) is 55.7 Å². The van der Waals surface area contributed by atoms with Crippen molar-refractivity contribution in [3.05, 3.63) is 203 Å². The predicted molar refractivity (Wildman–Crippen MR) is 417 cm³/mol. The van der Waals surface area contributed by atoms with Crippen LogP contribution in [0.1, 0.15) is 204 Å². The van der Waals surface area contributed by atoms with Crippen LogP contribution in [0.2, 0.25) is 0 Å². The van der Waals surface area contributed by atoms with E-state index < -0.39 is 0 Å². The van der Waals surface area contributed by atoms with Crippen LogP contribution in [-0.2, 0) is 44.7 Å². The first kappa shape index (κ1) is 71.0. The van der Waals surface area contributed by atoms with Crippen molar-refractivity contribution in [2.75, 3.05) is 0 Å². The second kappa shape index (κ2) is 30.6. The van der Waals surface area contributed by atoms with Crippen molar-refractivity contribution in [3.8, 4) is 57.1 Å². The van der Waals surface area contributed by atoms with Gasteiger partial charge in [-0.3, -0.25) is 0 Å². The maximum atomic E-state index is 12.7. The van der Waals surface area contributed by atoms with E-state index in [4.69, 9.17) is 9.97 Å². The predicted octanol–water partition coefficient (Wildman–Crippen LogP) is 22.5. The number of phenolic OH excluding ortho intramolecular Hbond substituents is 4. The summed E-state index contributed by atoms with van der Waals surface area (Å²) in [5, 5.41) is 55.1. The summed E-state index contributed by atoms with van der Waals surface area (Å²) in [6.45, 7) is 22.8. The van der Waals surface area contributed by atoms with Crippen molar-refractivity contribution in [2.45, 2.75) is 225 Å². The Morgan fingerprint density at radius 1 is 0.357 bits per heavy atom. The maximum absolute atomic E-state index is 12.7. The number of nitrogens with zero attached hydrogens (tertiary/aromatic N) is 6. The van der Waals surface area contributed by atoms with Gasteiger partial charge in [0.05, 0.1) is 22.5 Å². The van der Waals surface area contributed by atoms with E-state index in [0.717, 1.165) is 111 Å². The molecule has 0 amide bonds. The summed E-state index contributed by atoms with van der Waals surface area (Å²) in [6, 6.07) is 38.0. The third kappa shape index (κ3) is 16.6. The van der Waals surface area contributed by atoms with Crippen LogP contribution in [0.4, 0.5) is 0 Å². The second-order valence-electron chi connectivity index (χ2n) is 31.0. The molecule has 0 aliphatic heterocycles. The maximum Gasteiger partial charge on any atom is 0.162 e. The van der Waals surface area contributed by atoms with Gasteiger partial charge in [0.25, 0.3) is 0 Å². The lowest BCUT2D eigenvalue weighted by atomic mass is 9.72. The number of hydrogen-bond donors (Lipinski definition) is 4. The van der Waals surface area contributed by atoms with Crippen LogP contribution < -0.4 is 0 Å². The zero-order valence-electron chi connectivity index (χ0n) is 59.2. The first-order chi connectivity index (χ1) is 47.0. The molecule has 4 atom stereocenters. The molecule has 0 saturated heterocycles. The van der Waals surface area contributed by atoms with Crippen LogP contribution >= 0.6 is 47.0 Å². The van der Waals surface area contributed by atoms with E-state index >= 15 is 0 Å². The highest BCUT2D eigenvalue weighted by atomic mass is 32.2. The highest BCUT2D eigenvalue weighted by molar-refractivity contribution is 8.03. The Hall–Kier alpha value is -6.84. The minimum Gasteiger partial charge on any atom is -0.507 e. The molecular formula is C84H100N6O4S4. The zero-order chi connectivity index (χ0) is 68.9. The Morgan fingerprint density at radius 2 is 0.643 bits per heavy atom. The smallest absolute Gasteiger partial charge is 0.162 e. The Kier molecular flexibility index (Phi) is 22.1. The first-order valence-electron chi connectivity index (χ1n) is 35.6. The van der Waals surface area contributed by atoms with E-state index in [1.165, 1.54) is 56.1 Å². The number of rotatable bonds is 21. The monoisotopic (exact) mass is 1380 g/mol. The van der Waals surface area contributed by atoms with Crippen molar-refractivity contribution < 1.29 is 20.4 Å². The molecule has 0 spiro atoms. The Morgan fingerprint density at radius 3 is 0.980 bits per heavy atom. The van der Waals surface area contributed by atoms with Crippen LogP contribution in [-0.4, -0.2) is 70.5 Å². The van der Waals surface area contributed by atoms with Gasteiger partial charge in [-0.2, -0.15) is 47.0 Å². The van der Waals surface area contributed by atoms with E-state index in [-0.39, 0.29) is 33.2 Å². The van der Waals surface area contributed by atoms with Crippen molar-refractivity contribution in [1.82, 2.24) is 29.1 Å². The summed E-state index contributed by atoms with van der Waals surface area (Å²) < 4.78 is 4.23. The fraction of sp³-hybridized carbons (Fsp3) is 0.429. The molecular weight excluding hydrogens is 1290 g/mol. The number of aromatic nitrogens is 6. The number of benzene rings is 6. The summed E-state index contributed by atoms with van der Waals surface area (Å²) in [7, 11) is 0. The number of hydrogen-bond acceptors (Lipinski definition) is 12. The van der Waals surface area contributed by atoms with Gasteiger partial charge in [0.2, 0.25) is 0 Å². The molecule has 2 aliphatic rings. The highest BCUT2D eigenvalue weighted by Gasteiger charge is 2.34. The Labute approximate surface area is 599 Å². The molecule has 10 nitrogen and oxygen atoms in total. The van der Waals surface area contributed by atoms with Crippen LogP contribution in [0.5, 0.6) is 23.0 Å². The summed E-state index contributed by atoms with van der Waals surface area (Å²) in [5.41, 5.74) is 10.5. The third-order valence-electron chi connectivity index (χ3n) is 20.8. The van der Waals surface area contributed by atoms with Crippen LogP contribution in [0.3, 0.4) is 0 Å². The van der Waals surface area contributed by atoms with Gasteiger partial charge in [0.15, 0.2) is 11.6 Å². The summed E-state index contributed by atoms with van der Waals surface area (Å²) in [4.78, 5) is 18.5. The molecule has 12 rings (SSSR count). The number of aromatic hydroxyl groups is 4. The van der Waals surface area contributed by atoms with Gasteiger partial charge < -0.3 is 29.6 Å². The van der Waals surface area contributed by atoms with Gasteiger partial charge >= 0.3 is 0 Å². The normalized spacial score (nSPS) is 17.8. The average Bonchev–Trinajstić information content (AvgIpc) is 1.45. The molecule has 6 aromatic carbocycles. The van der Waals surface area contributed by atoms with E-state index in [0.29, 0.717) is 78.3 Å². The van der Waals surface area contributed by atoms with Crippen molar-refractivity contribution >= 4 is 68.6 Å². The van der Waals surface area contributed by atoms with Crippen LogP contribution in [0, 0.1) is 0 Å². The molecule has 4 N–H and O–H groups in total. The van der Waals surface area contributed by atoms with Crippen molar-refractivity contribution in [3.63, 3.8) is 0 Å².